The van der Waals surface area contributed by atoms with Gasteiger partial charge in [0.05, 0.1) is 0 Å². The Hall–Kier alpha value is -2.06. The van der Waals surface area contributed by atoms with E-state index < -0.39 is 0 Å². The van der Waals surface area contributed by atoms with Gasteiger partial charge in [-0.3, -0.25) is 4.90 Å². The van der Waals surface area contributed by atoms with Crippen molar-refractivity contribution in [2.24, 2.45) is 0 Å². The second kappa shape index (κ2) is 6.59. The molecule has 26 heavy (non-hydrogen) atoms. The van der Waals surface area contributed by atoms with Crippen molar-refractivity contribution in [1.82, 2.24) is 9.88 Å². The van der Waals surface area contributed by atoms with Gasteiger partial charge in [-0.2, -0.15) is 0 Å². The predicted octanol–water partition coefficient (Wildman–Crippen LogP) is 6.06. The van der Waals surface area contributed by atoms with Crippen molar-refractivity contribution in [3.05, 3.63) is 71.4 Å². The van der Waals surface area contributed by atoms with E-state index in [2.05, 4.69) is 86.1 Å². The maximum Gasteiger partial charge on any atom is 0.0454 e. The Morgan fingerprint density at radius 1 is 1.12 bits per heavy atom. The van der Waals surface area contributed by atoms with Crippen molar-refractivity contribution in [2.75, 3.05) is 6.54 Å². The molecule has 2 heterocycles. The smallest absolute Gasteiger partial charge is 0.0454 e. The highest BCUT2D eigenvalue weighted by Gasteiger charge is 2.32. The van der Waals surface area contributed by atoms with Gasteiger partial charge in [0.2, 0.25) is 0 Å². The van der Waals surface area contributed by atoms with Crippen molar-refractivity contribution >= 4 is 10.9 Å². The lowest BCUT2D eigenvalue weighted by Gasteiger charge is -2.43. The summed E-state index contributed by atoms with van der Waals surface area (Å²) in [6.45, 7) is 11.6. The Labute approximate surface area is 157 Å². The Morgan fingerprint density at radius 3 is 2.73 bits per heavy atom. The standard InChI is InChI=1S/C24H30N2/c1-17(18-9-10-23-19(14-18)11-12-25-23)13-21-16-26(24(2,3)4)15-20-7-5-6-8-22(20)21/h5-12,14,17,21,25H,13,15-16H2,1-4H3. The highest BCUT2D eigenvalue weighted by Crippen LogP contribution is 2.38. The third kappa shape index (κ3) is 3.31. The molecule has 0 amide bonds. The van der Waals surface area contributed by atoms with Crippen molar-refractivity contribution in [2.45, 2.75) is 58.0 Å². The SMILES string of the molecule is CC(CC1CN(C(C)(C)C)Cc2ccccc21)c1ccc2[nH]ccc2c1. The largest absolute Gasteiger partial charge is 0.361 e. The molecule has 0 spiro atoms. The number of aromatic amines is 1. The van der Waals surface area contributed by atoms with E-state index in [0.717, 1.165) is 13.1 Å². The lowest BCUT2D eigenvalue weighted by molar-refractivity contribution is 0.104. The van der Waals surface area contributed by atoms with Crippen LogP contribution in [0.5, 0.6) is 0 Å². The number of hydrogen-bond acceptors (Lipinski definition) is 1. The zero-order chi connectivity index (χ0) is 18.3. The van der Waals surface area contributed by atoms with Crippen LogP contribution in [0.1, 0.15) is 62.6 Å². The van der Waals surface area contributed by atoms with Crippen LogP contribution in [0.15, 0.2) is 54.7 Å². The summed E-state index contributed by atoms with van der Waals surface area (Å²) in [5.74, 6) is 1.14. The molecule has 1 N–H and O–H groups in total. The lowest BCUT2D eigenvalue weighted by Crippen LogP contribution is -2.45. The molecule has 1 aromatic heterocycles. The van der Waals surface area contributed by atoms with Crippen molar-refractivity contribution in [3.8, 4) is 0 Å². The summed E-state index contributed by atoms with van der Waals surface area (Å²) in [5, 5.41) is 1.31. The van der Waals surface area contributed by atoms with Crippen LogP contribution in [0.25, 0.3) is 10.9 Å². The van der Waals surface area contributed by atoms with E-state index in [1.807, 2.05) is 6.20 Å². The van der Waals surface area contributed by atoms with Gasteiger partial charge < -0.3 is 4.98 Å². The van der Waals surface area contributed by atoms with E-state index in [1.54, 1.807) is 5.56 Å². The third-order valence-electron chi connectivity index (χ3n) is 6.03. The molecule has 0 saturated carbocycles. The van der Waals surface area contributed by atoms with Crippen molar-refractivity contribution < 1.29 is 0 Å². The van der Waals surface area contributed by atoms with Gasteiger partial charge in [-0.15, -0.1) is 0 Å². The van der Waals surface area contributed by atoms with E-state index in [0.29, 0.717) is 11.8 Å². The minimum Gasteiger partial charge on any atom is -0.361 e. The quantitative estimate of drug-likeness (QED) is 0.611. The predicted molar refractivity (Wildman–Crippen MR) is 111 cm³/mol. The number of aromatic nitrogens is 1. The summed E-state index contributed by atoms with van der Waals surface area (Å²) >= 11 is 0. The zero-order valence-electron chi connectivity index (χ0n) is 16.4. The minimum absolute atomic E-state index is 0.207. The summed E-state index contributed by atoms with van der Waals surface area (Å²) in [7, 11) is 0. The van der Waals surface area contributed by atoms with Crippen molar-refractivity contribution in [3.63, 3.8) is 0 Å². The van der Waals surface area contributed by atoms with Gasteiger partial charge >= 0.3 is 0 Å². The molecule has 2 heteroatoms. The number of fused-ring (bicyclic) bond motifs is 2. The van der Waals surface area contributed by atoms with E-state index in [9.17, 15) is 0 Å². The van der Waals surface area contributed by atoms with Crippen LogP contribution in [-0.4, -0.2) is 22.0 Å². The first kappa shape index (κ1) is 17.4. The van der Waals surface area contributed by atoms with Crippen LogP contribution in [0.2, 0.25) is 0 Å². The van der Waals surface area contributed by atoms with Crippen LogP contribution in [0.4, 0.5) is 0 Å². The van der Waals surface area contributed by atoms with Gasteiger partial charge in [0.15, 0.2) is 0 Å². The van der Waals surface area contributed by atoms with Crippen molar-refractivity contribution in [1.29, 1.82) is 0 Å². The van der Waals surface area contributed by atoms with Crippen LogP contribution in [0.3, 0.4) is 0 Å². The average molecular weight is 347 g/mol. The van der Waals surface area contributed by atoms with Crippen LogP contribution in [0, 0.1) is 0 Å². The van der Waals surface area contributed by atoms with Gasteiger partial charge in [-0.1, -0.05) is 37.3 Å². The molecule has 4 rings (SSSR count). The van der Waals surface area contributed by atoms with Gasteiger partial charge in [0.25, 0.3) is 0 Å². The number of rotatable bonds is 3. The molecule has 2 nitrogen and oxygen atoms in total. The molecule has 0 fully saturated rings. The fourth-order valence-corrected chi connectivity index (χ4v) is 4.36. The Bertz CT molecular complexity index is 900. The highest BCUT2D eigenvalue weighted by molar-refractivity contribution is 5.80. The first-order valence-electron chi connectivity index (χ1n) is 9.82. The molecular weight excluding hydrogens is 316 g/mol. The van der Waals surface area contributed by atoms with Gasteiger partial charge in [-0.05, 0) is 79.3 Å². The van der Waals surface area contributed by atoms with E-state index in [4.69, 9.17) is 0 Å². The first-order valence-corrected chi connectivity index (χ1v) is 9.82. The minimum atomic E-state index is 0.207. The molecule has 1 aliphatic heterocycles. The molecule has 1 aliphatic rings. The molecule has 136 valence electrons. The topological polar surface area (TPSA) is 19.0 Å². The fraction of sp³-hybridized carbons (Fsp3) is 0.417. The Balaban J connectivity index is 1.61. The third-order valence-corrected chi connectivity index (χ3v) is 6.03. The normalized spacial score (nSPS) is 19.5. The maximum absolute atomic E-state index is 3.30. The number of benzene rings is 2. The summed E-state index contributed by atoms with van der Waals surface area (Å²) in [6.07, 6.45) is 3.22. The van der Waals surface area contributed by atoms with E-state index in [1.165, 1.54) is 28.5 Å². The number of hydrogen-bond donors (Lipinski definition) is 1. The monoisotopic (exact) mass is 346 g/mol. The molecule has 2 unspecified atom stereocenters. The molecule has 3 aromatic rings. The number of H-pyrrole nitrogens is 1. The van der Waals surface area contributed by atoms with Gasteiger partial charge in [0.1, 0.15) is 0 Å². The molecule has 0 radical (unpaired) electrons. The summed E-state index contributed by atoms with van der Waals surface area (Å²) in [5.41, 5.74) is 5.94. The highest BCUT2D eigenvalue weighted by atomic mass is 15.2. The van der Waals surface area contributed by atoms with E-state index in [-0.39, 0.29) is 5.54 Å². The Kier molecular flexibility index (Phi) is 4.40. The zero-order valence-corrected chi connectivity index (χ0v) is 16.4. The van der Waals surface area contributed by atoms with Crippen LogP contribution in [-0.2, 0) is 6.54 Å². The first-order chi connectivity index (χ1) is 12.4. The van der Waals surface area contributed by atoms with E-state index >= 15 is 0 Å². The van der Waals surface area contributed by atoms with Crippen LogP contribution >= 0.6 is 0 Å². The number of nitrogens with one attached hydrogen (secondary N) is 1. The second-order valence-electron chi connectivity index (χ2n) is 8.91. The molecule has 2 atom stereocenters. The maximum atomic E-state index is 3.30. The second-order valence-corrected chi connectivity index (χ2v) is 8.91. The molecular formula is C24H30N2. The summed E-state index contributed by atoms with van der Waals surface area (Å²) < 4.78 is 0. The lowest BCUT2D eigenvalue weighted by atomic mass is 9.80. The van der Waals surface area contributed by atoms with Crippen LogP contribution < -0.4 is 0 Å². The van der Waals surface area contributed by atoms with Gasteiger partial charge in [0, 0.05) is 30.3 Å². The molecule has 0 saturated heterocycles. The Morgan fingerprint density at radius 2 is 1.92 bits per heavy atom. The molecule has 0 aliphatic carbocycles. The average Bonchev–Trinajstić information content (AvgIpc) is 3.08. The van der Waals surface area contributed by atoms with Gasteiger partial charge in [-0.25, -0.2) is 0 Å². The summed E-state index contributed by atoms with van der Waals surface area (Å²) in [4.78, 5) is 5.94. The molecule has 0 bridgehead atoms. The summed E-state index contributed by atoms with van der Waals surface area (Å²) in [6, 6.07) is 18.1. The fourth-order valence-electron chi connectivity index (χ4n) is 4.36. The number of nitrogens with zero attached hydrogens (tertiary/aromatic N) is 1. The molecule has 2 aromatic carbocycles.